The Morgan fingerprint density at radius 2 is 1.93 bits per heavy atom. The van der Waals surface area contributed by atoms with Gasteiger partial charge in [0.1, 0.15) is 0 Å². The van der Waals surface area contributed by atoms with Gasteiger partial charge in [-0.1, -0.05) is 6.92 Å². The van der Waals surface area contributed by atoms with Gasteiger partial charge in [-0.25, -0.2) is 13.1 Å². The largest absolute Gasteiger partial charge is 0.214 e. The highest BCUT2D eigenvalue weighted by Gasteiger charge is 2.28. The first-order chi connectivity index (χ1) is 6.27. The summed E-state index contributed by atoms with van der Waals surface area (Å²) in [6.07, 6.45) is 1.39. The molecule has 0 amide bonds. The van der Waals surface area contributed by atoms with E-state index in [0.717, 1.165) is 6.42 Å². The molecule has 3 nitrogen and oxygen atoms in total. The molecule has 0 spiro atoms. The quantitative estimate of drug-likeness (QED) is 0.724. The molecule has 0 aliphatic heterocycles. The van der Waals surface area contributed by atoms with Crippen LogP contribution in [0.3, 0.4) is 0 Å². The Kier molecular flexibility index (Phi) is 5.41. The molecule has 0 aromatic carbocycles. The average molecular weight is 242 g/mol. The maximum absolute atomic E-state index is 11.6. The molecular weight excluding hydrogens is 222 g/mol. The van der Waals surface area contributed by atoms with Crippen LogP contribution in [0.2, 0.25) is 0 Å². The number of rotatable bonds is 6. The van der Waals surface area contributed by atoms with Crippen molar-refractivity contribution in [1.82, 2.24) is 4.72 Å². The maximum Gasteiger partial charge on any atom is 0.214 e. The molecule has 0 saturated carbocycles. The summed E-state index contributed by atoms with van der Waals surface area (Å²) < 4.78 is 26.0. The van der Waals surface area contributed by atoms with E-state index < -0.39 is 20.8 Å². The highest BCUT2D eigenvalue weighted by atomic mass is 35.5. The SMILES string of the molecule is CCC(C)(CCCl)NS(=O)(=O)C(C)C. The van der Waals surface area contributed by atoms with E-state index in [2.05, 4.69) is 4.72 Å². The lowest BCUT2D eigenvalue weighted by molar-refractivity contribution is 0.389. The minimum absolute atomic E-state index is 0.399. The fraction of sp³-hybridized carbons (Fsp3) is 1.00. The number of sulfonamides is 1. The van der Waals surface area contributed by atoms with Crippen LogP contribution in [-0.2, 0) is 10.0 Å². The Hall–Kier alpha value is 0.200. The van der Waals surface area contributed by atoms with E-state index in [9.17, 15) is 8.42 Å². The zero-order valence-corrected chi connectivity index (χ0v) is 10.9. The third kappa shape index (κ3) is 4.15. The normalized spacial score (nSPS) is 17.0. The van der Waals surface area contributed by atoms with Gasteiger partial charge in [0.05, 0.1) is 5.25 Å². The summed E-state index contributed by atoms with van der Waals surface area (Å²) >= 11 is 5.64. The fourth-order valence-corrected chi connectivity index (χ4v) is 2.56. The van der Waals surface area contributed by atoms with Gasteiger partial charge in [0.2, 0.25) is 10.0 Å². The molecule has 0 aromatic rings. The molecule has 0 aliphatic rings. The van der Waals surface area contributed by atoms with Crippen LogP contribution in [0.25, 0.3) is 0 Å². The van der Waals surface area contributed by atoms with E-state index in [1.807, 2.05) is 13.8 Å². The summed E-state index contributed by atoms with van der Waals surface area (Å²) in [5, 5.41) is -0.399. The van der Waals surface area contributed by atoms with E-state index >= 15 is 0 Å². The highest BCUT2D eigenvalue weighted by Crippen LogP contribution is 2.17. The smallest absolute Gasteiger partial charge is 0.212 e. The Morgan fingerprint density at radius 1 is 1.43 bits per heavy atom. The van der Waals surface area contributed by atoms with Crippen molar-refractivity contribution in [3.63, 3.8) is 0 Å². The van der Waals surface area contributed by atoms with Gasteiger partial charge in [-0.05, 0) is 33.6 Å². The lowest BCUT2D eigenvalue weighted by Crippen LogP contribution is -2.48. The van der Waals surface area contributed by atoms with E-state index in [4.69, 9.17) is 11.6 Å². The second-order valence-electron chi connectivity index (χ2n) is 4.05. The lowest BCUT2D eigenvalue weighted by atomic mass is 9.97. The molecule has 5 heteroatoms. The van der Waals surface area contributed by atoms with Crippen LogP contribution in [-0.4, -0.2) is 25.1 Å². The van der Waals surface area contributed by atoms with Gasteiger partial charge in [0.15, 0.2) is 0 Å². The summed E-state index contributed by atoms with van der Waals surface area (Å²) in [7, 11) is -3.20. The molecule has 14 heavy (non-hydrogen) atoms. The van der Waals surface area contributed by atoms with Crippen LogP contribution in [0.1, 0.15) is 40.5 Å². The molecule has 0 rings (SSSR count). The van der Waals surface area contributed by atoms with E-state index in [0.29, 0.717) is 12.3 Å². The first kappa shape index (κ1) is 14.2. The van der Waals surface area contributed by atoms with Crippen LogP contribution in [0.15, 0.2) is 0 Å². The highest BCUT2D eigenvalue weighted by molar-refractivity contribution is 7.90. The second kappa shape index (κ2) is 5.33. The summed E-state index contributed by atoms with van der Waals surface area (Å²) in [6, 6.07) is 0. The first-order valence-corrected chi connectivity index (χ1v) is 6.94. The van der Waals surface area contributed by atoms with E-state index in [-0.39, 0.29) is 0 Å². The summed E-state index contributed by atoms with van der Waals surface area (Å²) in [5.41, 5.74) is -0.412. The van der Waals surface area contributed by atoms with Crippen LogP contribution in [0.5, 0.6) is 0 Å². The van der Waals surface area contributed by atoms with Crippen LogP contribution >= 0.6 is 11.6 Å². The van der Waals surface area contributed by atoms with Crippen molar-refractivity contribution in [3.05, 3.63) is 0 Å². The number of alkyl halides is 1. The monoisotopic (exact) mass is 241 g/mol. The van der Waals surface area contributed by atoms with Crippen molar-refractivity contribution in [1.29, 1.82) is 0 Å². The van der Waals surface area contributed by atoms with E-state index in [1.54, 1.807) is 13.8 Å². The van der Waals surface area contributed by atoms with E-state index in [1.165, 1.54) is 0 Å². The zero-order chi connectivity index (χ0) is 11.4. The maximum atomic E-state index is 11.6. The minimum Gasteiger partial charge on any atom is -0.212 e. The molecule has 0 aliphatic carbocycles. The molecule has 0 bridgehead atoms. The summed E-state index contributed by atoms with van der Waals surface area (Å²) in [4.78, 5) is 0. The number of hydrogen-bond donors (Lipinski definition) is 1. The predicted octanol–water partition coefficient (Wildman–Crippen LogP) is 2.11. The Balaban J connectivity index is 4.62. The average Bonchev–Trinajstić information content (AvgIpc) is 2.03. The molecule has 1 atom stereocenters. The molecule has 86 valence electrons. The van der Waals surface area contributed by atoms with Crippen LogP contribution in [0.4, 0.5) is 0 Å². The lowest BCUT2D eigenvalue weighted by Gasteiger charge is -2.29. The van der Waals surface area contributed by atoms with Gasteiger partial charge in [0.25, 0.3) is 0 Å². The molecule has 0 aromatic heterocycles. The Bertz CT molecular complexity index is 264. The van der Waals surface area contributed by atoms with Gasteiger partial charge in [-0.15, -0.1) is 11.6 Å². The number of halogens is 1. The number of nitrogens with one attached hydrogen (secondary N) is 1. The van der Waals surface area contributed by atoms with Crippen molar-refractivity contribution < 1.29 is 8.42 Å². The Morgan fingerprint density at radius 3 is 2.21 bits per heavy atom. The molecule has 0 radical (unpaired) electrons. The van der Waals surface area contributed by atoms with Crippen molar-refractivity contribution >= 4 is 21.6 Å². The molecule has 1 unspecified atom stereocenters. The standard InChI is InChI=1S/C9H20ClNO2S/c1-5-9(4,6-7-10)11-14(12,13)8(2)3/h8,11H,5-7H2,1-4H3. The van der Waals surface area contributed by atoms with Crippen molar-refractivity contribution in [2.24, 2.45) is 0 Å². The van der Waals surface area contributed by atoms with Gasteiger partial charge in [0, 0.05) is 11.4 Å². The zero-order valence-electron chi connectivity index (χ0n) is 9.30. The predicted molar refractivity (Wildman–Crippen MR) is 61.2 cm³/mol. The third-order valence-corrected chi connectivity index (χ3v) is 4.64. The topological polar surface area (TPSA) is 46.2 Å². The van der Waals surface area contributed by atoms with Gasteiger partial charge in [-0.2, -0.15) is 0 Å². The molecular formula is C9H20ClNO2S. The summed E-state index contributed by atoms with van der Waals surface area (Å²) in [5.74, 6) is 0.463. The summed E-state index contributed by atoms with van der Waals surface area (Å²) in [6.45, 7) is 7.17. The van der Waals surface area contributed by atoms with Crippen LogP contribution < -0.4 is 4.72 Å². The van der Waals surface area contributed by atoms with Crippen molar-refractivity contribution in [2.45, 2.75) is 51.3 Å². The van der Waals surface area contributed by atoms with Gasteiger partial charge < -0.3 is 0 Å². The molecule has 0 heterocycles. The fourth-order valence-electron chi connectivity index (χ4n) is 0.970. The first-order valence-electron chi connectivity index (χ1n) is 4.86. The Labute approximate surface area is 92.3 Å². The molecule has 0 saturated heterocycles. The van der Waals surface area contributed by atoms with Gasteiger partial charge in [-0.3, -0.25) is 0 Å². The van der Waals surface area contributed by atoms with Crippen LogP contribution in [0, 0.1) is 0 Å². The number of hydrogen-bond acceptors (Lipinski definition) is 2. The van der Waals surface area contributed by atoms with Gasteiger partial charge >= 0.3 is 0 Å². The second-order valence-corrected chi connectivity index (χ2v) is 6.66. The third-order valence-electron chi connectivity index (χ3n) is 2.44. The van der Waals surface area contributed by atoms with Crippen molar-refractivity contribution in [3.8, 4) is 0 Å². The van der Waals surface area contributed by atoms with Crippen molar-refractivity contribution in [2.75, 3.05) is 5.88 Å². The molecule has 0 fully saturated rings. The minimum atomic E-state index is -3.20. The molecule has 1 N–H and O–H groups in total.